The molecule has 0 saturated carbocycles. The smallest absolute Gasteiger partial charge is 0.243 e. The first kappa shape index (κ1) is 26.3. The predicted molar refractivity (Wildman–Crippen MR) is 135 cm³/mol. The van der Waals surface area contributed by atoms with Crippen molar-refractivity contribution < 1.29 is 17.6 Å². The van der Waals surface area contributed by atoms with Gasteiger partial charge in [0.2, 0.25) is 15.9 Å². The normalized spacial score (nSPS) is 11.9. The minimum absolute atomic E-state index is 0.0139. The van der Waals surface area contributed by atoms with Crippen LogP contribution in [0.5, 0.6) is 0 Å². The van der Waals surface area contributed by atoms with E-state index >= 15 is 0 Å². The van der Waals surface area contributed by atoms with Gasteiger partial charge in [-0.1, -0.05) is 37.6 Å². The number of hydrogen-bond acceptors (Lipinski definition) is 4. The van der Waals surface area contributed by atoms with Gasteiger partial charge < -0.3 is 4.90 Å². The summed E-state index contributed by atoms with van der Waals surface area (Å²) < 4.78 is 41.4. The van der Waals surface area contributed by atoms with Gasteiger partial charge in [0.25, 0.3) is 0 Å². The number of aryl methyl sites for hydroxylation is 1. The summed E-state index contributed by atoms with van der Waals surface area (Å²) in [6.07, 6.45) is 0. The maximum atomic E-state index is 13.5. The first-order chi connectivity index (χ1) is 16.1. The van der Waals surface area contributed by atoms with E-state index in [0.29, 0.717) is 11.6 Å². The zero-order valence-electron chi connectivity index (χ0n) is 19.4. The molecule has 0 fully saturated rings. The number of amides is 1. The van der Waals surface area contributed by atoms with Gasteiger partial charge >= 0.3 is 0 Å². The Morgan fingerprint density at radius 3 is 2.24 bits per heavy atom. The Bertz CT molecular complexity index is 1210. The molecule has 3 aromatic rings. The minimum atomic E-state index is -3.91. The number of halogens is 2. The van der Waals surface area contributed by atoms with Gasteiger partial charge in [-0.25, -0.2) is 12.8 Å². The summed E-state index contributed by atoms with van der Waals surface area (Å²) in [7, 11) is -3.91. The van der Waals surface area contributed by atoms with E-state index in [0.717, 1.165) is 16.0 Å². The Hall–Kier alpha value is -2.26. The topological polar surface area (TPSA) is 57.7 Å². The quantitative estimate of drug-likeness (QED) is 0.342. The molecule has 9 heteroatoms. The fraction of sp³-hybridized carbons (Fsp3) is 0.320. The van der Waals surface area contributed by atoms with Crippen molar-refractivity contribution in [3.05, 3.63) is 86.8 Å². The van der Waals surface area contributed by atoms with Gasteiger partial charge in [-0.2, -0.15) is 4.31 Å². The zero-order chi connectivity index (χ0) is 24.9. The van der Waals surface area contributed by atoms with E-state index in [-0.39, 0.29) is 42.2 Å². The Morgan fingerprint density at radius 1 is 1.03 bits per heavy atom. The van der Waals surface area contributed by atoms with Crippen LogP contribution in [0.4, 0.5) is 4.39 Å². The highest BCUT2D eigenvalue weighted by Crippen LogP contribution is 2.22. The van der Waals surface area contributed by atoms with E-state index in [1.165, 1.54) is 40.7 Å². The maximum Gasteiger partial charge on any atom is 0.243 e. The van der Waals surface area contributed by atoms with Crippen molar-refractivity contribution >= 4 is 38.9 Å². The number of nitrogens with zero attached hydrogens (tertiary/aromatic N) is 2. The van der Waals surface area contributed by atoms with Crippen molar-refractivity contribution in [3.8, 4) is 0 Å². The number of thiophene rings is 1. The molecule has 0 spiro atoms. The first-order valence-electron chi connectivity index (χ1n) is 10.9. The molecule has 1 aromatic heterocycles. The number of hydrogen-bond donors (Lipinski definition) is 0. The van der Waals surface area contributed by atoms with Gasteiger partial charge in [0, 0.05) is 23.0 Å². The summed E-state index contributed by atoms with van der Waals surface area (Å²) in [5, 5.41) is 2.39. The molecule has 0 aliphatic rings. The van der Waals surface area contributed by atoms with E-state index in [4.69, 9.17) is 11.6 Å². The average Bonchev–Trinajstić information content (AvgIpc) is 3.18. The average molecular weight is 523 g/mol. The summed E-state index contributed by atoms with van der Waals surface area (Å²) >= 11 is 7.47. The third-order valence-electron chi connectivity index (χ3n) is 5.27. The lowest BCUT2D eigenvalue weighted by molar-refractivity contribution is -0.132. The lowest BCUT2D eigenvalue weighted by atomic mass is 10.2. The van der Waals surface area contributed by atoms with Gasteiger partial charge in [-0.3, -0.25) is 4.79 Å². The third kappa shape index (κ3) is 6.88. The SMILES string of the molecule is Cc1ccsc1CN(Cc1ccc(F)cc1)C(=O)CN(CC(C)C)S(=O)(=O)c1ccc(Cl)cc1. The molecule has 0 aliphatic heterocycles. The molecule has 0 N–H and O–H groups in total. The van der Waals surface area contributed by atoms with Crippen LogP contribution in [0.3, 0.4) is 0 Å². The molecule has 0 unspecified atom stereocenters. The van der Waals surface area contributed by atoms with E-state index in [9.17, 15) is 17.6 Å². The van der Waals surface area contributed by atoms with Gasteiger partial charge in [-0.05, 0) is 71.8 Å². The Balaban J connectivity index is 1.89. The number of rotatable bonds is 10. The molecule has 0 saturated heterocycles. The molecular formula is C25H28ClFN2O3S2. The molecule has 2 aromatic carbocycles. The highest BCUT2D eigenvalue weighted by Gasteiger charge is 2.29. The molecule has 1 heterocycles. The maximum absolute atomic E-state index is 13.5. The number of benzene rings is 2. The minimum Gasteiger partial charge on any atom is -0.332 e. The fourth-order valence-corrected chi connectivity index (χ4v) is 6.04. The van der Waals surface area contributed by atoms with Crippen LogP contribution in [0.1, 0.15) is 29.9 Å². The van der Waals surface area contributed by atoms with Crippen LogP contribution in [-0.2, 0) is 27.9 Å². The molecular weight excluding hydrogens is 495 g/mol. The highest BCUT2D eigenvalue weighted by molar-refractivity contribution is 7.89. The largest absolute Gasteiger partial charge is 0.332 e. The predicted octanol–water partition coefficient (Wildman–Crippen LogP) is 5.72. The van der Waals surface area contributed by atoms with Crippen LogP contribution >= 0.6 is 22.9 Å². The van der Waals surface area contributed by atoms with Gasteiger partial charge in [0.1, 0.15) is 5.82 Å². The van der Waals surface area contributed by atoms with Crippen molar-refractivity contribution in [3.63, 3.8) is 0 Å². The zero-order valence-corrected chi connectivity index (χ0v) is 21.8. The Kier molecular flexibility index (Phi) is 8.87. The van der Waals surface area contributed by atoms with Crippen molar-refractivity contribution in [2.24, 2.45) is 5.92 Å². The number of carbonyl (C=O) groups excluding carboxylic acids is 1. The molecule has 0 bridgehead atoms. The van der Waals surface area contributed by atoms with Crippen LogP contribution in [0, 0.1) is 18.7 Å². The summed E-state index contributed by atoms with van der Waals surface area (Å²) in [6.45, 7) is 6.26. The Morgan fingerprint density at radius 2 is 1.68 bits per heavy atom. The summed E-state index contributed by atoms with van der Waals surface area (Å²) in [5.41, 5.74) is 1.83. The second-order valence-corrected chi connectivity index (χ2v) is 11.9. The molecule has 1 amide bonds. The van der Waals surface area contributed by atoms with E-state index in [1.807, 2.05) is 32.2 Å². The number of sulfonamides is 1. The van der Waals surface area contributed by atoms with Crippen molar-refractivity contribution in [1.29, 1.82) is 0 Å². The van der Waals surface area contributed by atoms with Crippen LogP contribution in [0.25, 0.3) is 0 Å². The molecule has 34 heavy (non-hydrogen) atoms. The molecule has 3 rings (SSSR count). The third-order valence-corrected chi connectivity index (χ3v) is 8.36. The van der Waals surface area contributed by atoms with Gasteiger partial charge in [0.05, 0.1) is 18.0 Å². The monoisotopic (exact) mass is 522 g/mol. The molecule has 5 nitrogen and oxygen atoms in total. The summed E-state index contributed by atoms with van der Waals surface area (Å²) in [4.78, 5) is 16.2. The van der Waals surface area contributed by atoms with Crippen LogP contribution in [0.15, 0.2) is 64.9 Å². The first-order valence-corrected chi connectivity index (χ1v) is 13.6. The Labute approximate surface area is 209 Å². The lowest BCUT2D eigenvalue weighted by Crippen LogP contribution is -2.43. The number of carbonyl (C=O) groups is 1. The summed E-state index contributed by atoms with van der Waals surface area (Å²) in [6, 6.07) is 13.9. The molecule has 182 valence electrons. The molecule has 0 aliphatic carbocycles. The van der Waals surface area contributed by atoms with Crippen LogP contribution in [-0.4, -0.2) is 36.6 Å². The van der Waals surface area contributed by atoms with E-state index in [2.05, 4.69) is 0 Å². The highest BCUT2D eigenvalue weighted by atomic mass is 35.5. The standard InChI is InChI=1S/C25H28ClFN2O3S2/c1-18(2)14-29(34(31,32)23-10-6-21(26)7-11-23)17-25(30)28(16-24-19(3)12-13-33-24)15-20-4-8-22(27)9-5-20/h4-13,18H,14-17H2,1-3H3. The van der Waals surface area contributed by atoms with Gasteiger partial charge in [-0.15, -0.1) is 11.3 Å². The summed E-state index contributed by atoms with van der Waals surface area (Å²) in [5.74, 6) is -0.664. The van der Waals surface area contributed by atoms with Gasteiger partial charge in [0.15, 0.2) is 0 Å². The second-order valence-electron chi connectivity index (χ2n) is 8.55. The van der Waals surface area contributed by atoms with Crippen molar-refractivity contribution in [2.75, 3.05) is 13.1 Å². The molecule has 0 atom stereocenters. The molecule has 0 radical (unpaired) electrons. The fourth-order valence-electron chi connectivity index (χ4n) is 3.44. The van der Waals surface area contributed by atoms with Crippen LogP contribution in [0.2, 0.25) is 5.02 Å². The van der Waals surface area contributed by atoms with E-state index < -0.39 is 10.0 Å². The second kappa shape index (κ2) is 11.4. The van der Waals surface area contributed by atoms with Crippen molar-refractivity contribution in [1.82, 2.24) is 9.21 Å². The van der Waals surface area contributed by atoms with Crippen molar-refractivity contribution in [2.45, 2.75) is 38.8 Å². The lowest BCUT2D eigenvalue weighted by Gasteiger charge is -2.28. The van der Waals surface area contributed by atoms with E-state index in [1.54, 1.807) is 28.4 Å². The van der Waals surface area contributed by atoms with Crippen LogP contribution < -0.4 is 0 Å².